The standard InChI is InChI=1S/C28H32ClN3O4S/c1-4-25(28(34)30-5-2)31(19-22-13-11-12-21(3)18-22)27(33)20-32(26-17-10-9-16-24(26)29)37(35,36)23-14-7-6-8-15-23/h6-18,25H,4-5,19-20H2,1-3H3,(H,30,34)/t25-/m0/s1. The predicted octanol–water partition coefficient (Wildman–Crippen LogP) is 4.79. The average Bonchev–Trinajstić information content (AvgIpc) is 2.88. The molecule has 3 aromatic rings. The second-order valence-electron chi connectivity index (χ2n) is 8.61. The number of para-hydroxylation sites is 1. The quantitative estimate of drug-likeness (QED) is 0.378. The maximum absolute atomic E-state index is 13.9. The first-order chi connectivity index (χ1) is 17.7. The third-order valence-electron chi connectivity index (χ3n) is 5.90. The van der Waals surface area contributed by atoms with Gasteiger partial charge in [-0.2, -0.15) is 0 Å². The molecule has 0 bridgehead atoms. The SMILES string of the molecule is CCNC(=O)[C@H](CC)N(Cc1cccc(C)c1)C(=O)CN(c1ccccc1Cl)S(=O)(=O)c1ccccc1. The first-order valence-electron chi connectivity index (χ1n) is 12.1. The number of hydrogen-bond acceptors (Lipinski definition) is 4. The van der Waals surface area contributed by atoms with Crippen molar-refractivity contribution in [3.05, 3.63) is 95.0 Å². The van der Waals surface area contributed by atoms with Crippen molar-refractivity contribution < 1.29 is 18.0 Å². The highest BCUT2D eigenvalue weighted by atomic mass is 35.5. The zero-order chi connectivity index (χ0) is 27.0. The number of benzene rings is 3. The summed E-state index contributed by atoms with van der Waals surface area (Å²) in [6, 6.07) is 21.2. The van der Waals surface area contributed by atoms with Gasteiger partial charge in [0.25, 0.3) is 10.0 Å². The largest absolute Gasteiger partial charge is 0.355 e. The van der Waals surface area contributed by atoms with Crippen LogP contribution in [0.4, 0.5) is 5.69 Å². The Kier molecular flexibility index (Phi) is 9.72. The fourth-order valence-corrected chi connectivity index (χ4v) is 5.85. The molecule has 196 valence electrons. The van der Waals surface area contributed by atoms with E-state index in [1.807, 2.05) is 45.0 Å². The van der Waals surface area contributed by atoms with Crippen molar-refractivity contribution in [2.45, 2.75) is 44.7 Å². The number of aryl methyl sites for hydroxylation is 1. The minimum Gasteiger partial charge on any atom is -0.355 e. The summed E-state index contributed by atoms with van der Waals surface area (Å²) in [6.45, 7) is 5.62. The summed E-state index contributed by atoms with van der Waals surface area (Å²) in [5.74, 6) is -0.805. The van der Waals surface area contributed by atoms with Gasteiger partial charge in [0.1, 0.15) is 12.6 Å². The van der Waals surface area contributed by atoms with Crippen LogP contribution in [0.3, 0.4) is 0 Å². The number of nitrogens with zero attached hydrogens (tertiary/aromatic N) is 2. The Morgan fingerprint density at radius 1 is 0.946 bits per heavy atom. The summed E-state index contributed by atoms with van der Waals surface area (Å²) in [4.78, 5) is 28.3. The van der Waals surface area contributed by atoms with Crippen LogP contribution in [0, 0.1) is 6.92 Å². The van der Waals surface area contributed by atoms with Crippen LogP contribution in [-0.2, 0) is 26.2 Å². The molecule has 0 aliphatic heterocycles. The lowest BCUT2D eigenvalue weighted by atomic mass is 10.1. The highest BCUT2D eigenvalue weighted by molar-refractivity contribution is 7.92. The number of likely N-dealkylation sites (N-methyl/N-ethyl adjacent to an activating group) is 1. The Hall–Kier alpha value is -3.36. The van der Waals surface area contributed by atoms with Crippen LogP contribution in [0.15, 0.2) is 83.8 Å². The monoisotopic (exact) mass is 541 g/mol. The molecular formula is C28H32ClN3O4S. The molecular weight excluding hydrogens is 510 g/mol. The summed E-state index contributed by atoms with van der Waals surface area (Å²) in [6.07, 6.45) is 0.362. The number of rotatable bonds is 11. The Morgan fingerprint density at radius 3 is 2.24 bits per heavy atom. The van der Waals surface area contributed by atoms with Crippen molar-refractivity contribution in [1.82, 2.24) is 10.2 Å². The lowest BCUT2D eigenvalue weighted by molar-refractivity contribution is -0.140. The average molecular weight is 542 g/mol. The summed E-state index contributed by atoms with van der Waals surface area (Å²) in [5.41, 5.74) is 2.04. The summed E-state index contributed by atoms with van der Waals surface area (Å²) < 4.78 is 28.5. The van der Waals surface area contributed by atoms with E-state index in [1.54, 1.807) is 42.5 Å². The maximum atomic E-state index is 13.9. The van der Waals surface area contributed by atoms with E-state index >= 15 is 0 Å². The zero-order valence-corrected chi connectivity index (χ0v) is 22.8. The van der Waals surface area contributed by atoms with Gasteiger partial charge in [0, 0.05) is 13.1 Å². The minimum absolute atomic E-state index is 0.0312. The van der Waals surface area contributed by atoms with Gasteiger partial charge in [-0.15, -0.1) is 0 Å². The first kappa shape index (κ1) is 28.2. The van der Waals surface area contributed by atoms with Gasteiger partial charge in [-0.05, 0) is 50.1 Å². The van der Waals surface area contributed by atoms with E-state index in [1.165, 1.54) is 17.0 Å². The third kappa shape index (κ3) is 6.90. The van der Waals surface area contributed by atoms with Crippen LogP contribution in [0.1, 0.15) is 31.4 Å². The number of anilines is 1. The minimum atomic E-state index is -4.15. The number of halogens is 1. The maximum Gasteiger partial charge on any atom is 0.264 e. The highest BCUT2D eigenvalue weighted by Gasteiger charge is 2.34. The van der Waals surface area contributed by atoms with Gasteiger partial charge in [0.05, 0.1) is 15.6 Å². The van der Waals surface area contributed by atoms with Crippen LogP contribution < -0.4 is 9.62 Å². The van der Waals surface area contributed by atoms with Gasteiger partial charge in [-0.25, -0.2) is 8.42 Å². The Balaban J connectivity index is 2.06. The summed E-state index contributed by atoms with van der Waals surface area (Å²) in [5, 5.41) is 2.98. The van der Waals surface area contributed by atoms with Gasteiger partial charge in [0.2, 0.25) is 11.8 Å². The molecule has 7 nitrogen and oxygen atoms in total. The van der Waals surface area contributed by atoms with Crippen molar-refractivity contribution in [3.8, 4) is 0 Å². The fraction of sp³-hybridized carbons (Fsp3) is 0.286. The zero-order valence-electron chi connectivity index (χ0n) is 21.2. The van der Waals surface area contributed by atoms with Crippen LogP contribution in [-0.4, -0.2) is 44.3 Å². The lowest BCUT2D eigenvalue weighted by Crippen LogP contribution is -2.52. The van der Waals surface area contributed by atoms with Crippen LogP contribution in [0.2, 0.25) is 5.02 Å². The molecule has 0 radical (unpaired) electrons. The normalized spacial score (nSPS) is 12.0. The third-order valence-corrected chi connectivity index (χ3v) is 8.00. The molecule has 37 heavy (non-hydrogen) atoms. The van der Waals surface area contributed by atoms with Crippen molar-refractivity contribution in [3.63, 3.8) is 0 Å². The van der Waals surface area contributed by atoms with Gasteiger partial charge in [0.15, 0.2) is 0 Å². The van der Waals surface area contributed by atoms with Crippen LogP contribution in [0.5, 0.6) is 0 Å². The number of nitrogens with one attached hydrogen (secondary N) is 1. The number of sulfonamides is 1. The Bertz CT molecular complexity index is 1330. The van der Waals surface area contributed by atoms with Crippen molar-refractivity contribution in [2.75, 3.05) is 17.4 Å². The molecule has 0 fully saturated rings. The summed E-state index contributed by atoms with van der Waals surface area (Å²) in [7, 11) is -4.15. The van der Waals surface area contributed by atoms with Gasteiger partial charge in [-0.1, -0.05) is 78.7 Å². The number of hydrogen-bond donors (Lipinski definition) is 1. The van der Waals surface area contributed by atoms with E-state index in [2.05, 4.69) is 5.32 Å². The number of carbonyl (C=O) groups excluding carboxylic acids is 2. The molecule has 1 N–H and O–H groups in total. The highest BCUT2D eigenvalue weighted by Crippen LogP contribution is 2.30. The molecule has 0 saturated carbocycles. The molecule has 3 rings (SSSR count). The van der Waals surface area contributed by atoms with Gasteiger partial charge in [-0.3, -0.25) is 13.9 Å². The van der Waals surface area contributed by atoms with E-state index in [0.717, 1.165) is 15.4 Å². The van der Waals surface area contributed by atoms with Crippen molar-refractivity contribution in [2.24, 2.45) is 0 Å². The number of amides is 2. The lowest BCUT2D eigenvalue weighted by Gasteiger charge is -2.33. The molecule has 0 unspecified atom stereocenters. The van der Waals surface area contributed by atoms with Gasteiger partial charge >= 0.3 is 0 Å². The Labute approximate surface area is 224 Å². The Morgan fingerprint density at radius 2 is 1.62 bits per heavy atom. The van der Waals surface area contributed by atoms with Crippen molar-refractivity contribution >= 4 is 39.1 Å². The molecule has 9 heteroatoms. The molecule has 3 aromatic carbocycles. The second kappa shape index (κ2) is 12.7. The van der Waals surface area contributed by atoms with E-state index in [4.69, 9.17) is 11.6 Å². The van der Waals surface area contributed by atoms with E-state index in [9.17, 15) is 18.0 Å². The number of carbonyl (C=O) groups is 2. The van der Waals surface area contributed by atoms with Gasteiger partial charge < -0.3 is 10.2 Å². The van der Waals surface area contributed by atoms with E-state index < -0.39 is 28.5 Å². The van der Waals surface area contributed by atoms with Crippen LogP contribution in [0.25, 0.3) is 0 Å². The predicted molar refractivity (Wildman–Crippen MR) is 147 cm³/mol. The topological polar surface area (TPSA) is 86.8 Å². The summed E-state index contributed by atoms with van der Waals surface area (Å²) >= 11 is 6.41. The molecule has 1 atom stereocenters. The molecule has 0 aliphatic rings. The molecule has 0 heterocycles. The second-order valence-corrected chi connectivity index (χ2v) is 10.9. The van der Waals surface area contributed by atoms with Crippen LogP contribution >= 0.6 is 11.6 Å². The van der Waals surface area contributed by atoms with Crippen molar-refractivity contribution in [1.29, 1.82) is 0 Å². The van der Waals surface area contributed by atoms with E-state index in [0.29, 0.717) is 13.0 Å². The van der Waals surface area contributed by atoms with E-state index in [-0.39, 0.29) is 28.1 Å². The first-order valence-corrected chi connectivity index (χ1v) is 14.0. The molecule has 0 saturated heterocycles. The fourth-order valence-electron chi connectivity index (χ4n) is 4.11. The molecule has 0 aliphatic carbocycles. The smallest absolute Gasteiger partial charge is 0.264 e. The molecule has 0 aromatic heterocycles. The molecule has 2 amide bonds. The molecule has 0 spiro atoms.